The maximum absolute atomic E-state index is 11.6. The van der Waals surface area contributed by atoms with E-state index < -0.39 is 19.1 Å². The normalized spacial score (nSPS) is 11.6. The first kappa shape index (κ1) is 23.0. The summed E-state index contributed by atoms with van der Waals surface area (Å²) in [7, 11) is -1.78. The zero-order valence-electron chi connectivity index (χ0n) is 14.9. The van der Waals surface area contributed by atoms with Gasteiger partial charge < -0.3 is 30.9 Å². The number of ketones is 1. The molecule has 1 amide bonds. The Balaban J connectivity index is 2.30. The van der Waals surface area contributed by atoms with Gasteiger partial charge in [-0.1, -0.05) is 0 Å². The van der Waals surface area contributed by atoms with Crippen LogP contribution in [0.1, 0.15) is 23.7 Å². The zero-order chi connectivity index (χ0) is 20.4. The Bertz CT molecular complexity index is 672. The van der Waals surface area contributed by atoms with Crippen molar-refractivity contribution in [2.24, 2.45) is 5.73 Å². The third kappa shape index (κ3) is 8.44. The fourth-order valence-electron chi connectivity index (χ4n) is 2.06. The molecule has 0 aliphatic carbocycles. The van der Waals surface area contributed by atoms with Gasteiger partial charge in [0.25, 0.3) is 0 Å². The number of carbonyl (C=O) groups excluding carboxylic acids is 2. The number of carboxylic acid groups (broad SMARTS) is 1. The van der Waals surface area contributed by atoms with E-state index in [0.717, 1.165) is 11.8 Å². The van der Waals surface area contributed by atoms with Crippen molar-refractivity contribution in [1.29, 1.82) is 0 Å². The number of carboxylic acids is 1. The Morgan fingerprint density at radius 3 is 2.63 bits per heavy atom. The molecule has 11 heteroatoms. The SMILES string of the molecule is CC(=O)c1ccc(OCCCNC(=O)CSCC(N)C(=O)O)cc1B(O)O. The Morgan fingerprint density at radius 1 is 1.33 bits per heavy atom. The molecule has 1 atom stereocenters. The lowest BCUT2D eigenvalue weighted by atomic mass is 9.76. The van der Waals surface area contributed by atoms with Crippen molar-refractivity contribution < 1.29 is 34.3 Å². The molecule has 9 nitrogen and oxygen atoms in total. The fraction of sp³-hybridized carbons (Fsp3) is 0.438. The van der Waals surface area contributed by atoms with Crippen LogP contribution in [0.4, 0.5) is 0 Å². The quantitative estimate of drug-likeness (QED) is 0.162. The molecular formula is C16H23BN2O7S. The molecule has 0 heterocycles. The summed E-state index contributed by atoms with van der Waals surface area (Å²) in [5.41, 5.74) is 5.62. The second-order valence-electron chi connectivity index (χ2n) is 5.69. The van der Waals surface area contributed by atoms with E-state index in [2.05, 4.69) is 5.32 Å². The summed E-state index contributed by atoms with van der Waals surface area (Å²) in [6.07, 6.45) is 0.510. The predicted molar refractivity (Wildman–Crippen MR) is 102 cm³/mol. The van der Waals surface area contributed by atoms with Crippen molar-refractivity contribution in [2.45, 2.75) is 19.4 Å². The van der Waals surface area contributed by atoms with Crippen LogP contribution in [0.3, 0.4) is 0 Å². The van der Waals surface area contributed by atoms with Crippen LogP contribution in [-0.4, -0.2) is 70.6 Å². The first-order valence-corrected chi connectivity index (χ1v) is 9.34. The molecule has 6 N–H and O–H groups in total. The van der Waals surface area contributed by atoms with E-state index in [0.29, 0.717) is 18.7 Å². The molecule has 0 saturated carbocycles. The van der Waals surface area contributed by atoms with Crippen molar-refractivity contribution >= 4 is 42.0 Å². The molecule has 0 aliphatic rings. The topological polar surface area (TPSA) is 159 Å². The van der Waals surface area contributed by atoms with E-state index in [4.69, 9.17) is 15.6 Å². The Morgan fingerprint density at radius 2 is 2.04 bits per heavy atom. The number of nitrogens with one attached hydrogen (secondary N) is 1. The molecule has 1 rings (SSSR count). The first-order chi connectivity index (χ1) is 12.7. The maximum Gasteiger partial charge on any atom is 0.489 e. The molecule has 148 valence electrons. The lowest BCUT2D eigenvalue weighted by Crippen LogP contribution is -2.34. The molecule has 0 saturated heterocycles. The van der Waals surface area contributed by atoms with Gasteiger partial charge in [0.2, 0.25) is 5.91 Å². The van der Waals surface area contributed by atoms with Crippen molar-refractivity contribution in [3.8, 4) is 5.75 Å². The molecule has 0 radical (unpaired) electrons. The largest absolute Gasteiger partial charge is 0.494 e. The van der Waals surface area contributed by atoms with Gasteiger partial charge in [-0.05, 0) is 37.0 Å². The molecule has 1 aromatic rings. The highest BCUT2D eigenvalue weighted by Gasteiger charge is 2.19. The van der Waals surface area contributed by atoms with Crippen molar-refractivity contribution in [2.75, 3.05) is 24.7 Å². The monoisotopic (exact) mass is 398 g/mol. The van der Waals surface area contributed by atoms with E-state index >= 15 is 0 Å². The van der Waals surface area contributed by atoms with Crippen LogP contribution < -0.4 is 21.3 Å². The third-order valence-corrected chi connectivity index (χ3v) is 4.50. The number of nitrogens with two attached hydrogens (primary N) is 1. The average molecular weight is 398 g/mol. The molecule has 0 spiro atoms. The lowest BCUT2D eigenvalue weighted by Gasteiger charge is -2.11. The zero-order valence-corrected chi connectivity index (χ0v) is 15.7. The minimum absolute atomic E-state index is 0.0740. The second kappa shape index (κ2) is 11.6. The summed E-state index contributed by atoms with van der Waals surface area (Å²) >= 11 is 1.14. The van der Waals surface area contributed by atoms with Crippen LogP contribution in [0.5, 0.6) is 5.75 Å². The van der Waals surface area contributed by atoms with E-state index in [1.54, 1.807) is 6.07 Å². The van der Waals surface area contributed by atoms with Gasteiger partial charge in [-0.2, -0.15) is 0 Å². The van der Waals surface area contributed by atoms with Gasteiger partial charge in [0.05, 0.1) is 12.4 Å². The summed E-state index contributed by atoms with van der Waals surface area (Å²) < 4.78 is 5.48. The van der Waals surface area contributed by atoms with Crippen molar-refractivity contribution in [3.05, 3.63) is 23.8 Å². The summed E-state index contributed by atoms with van der Waals surface area (Å²) in [5, 5.41) is 30.0. The Labute approximate surface area is 161 Å². The molecule has 0 bridgehead atoms. The van der Waals surface area contributed by atoms with Gasteiger partial charge in [0.15, 0.2) is 5.78 Å². The van der Waals surface area contributed by atoms with E-state index in [1.807, 2.05) is 0 Å². The minimum atomic E-state index is -1.78. The summed E-state index contributed by atoms with van der Waals surface area (Å²) in [6, 6.07) is 3.42. The number of carbonyl (C=O) groups is 3. The van der Waals surface area contributed by atoms with Crippen LogP contribution >= 0.6 is 11.8 Å². The lowest BCUT2D eigenvalue weighted by molar-refractivity contribution is -0.138. The molecule has 27 heavy (non-hydrogen) atoms. The number of Topliss-reactive ketones (excluding diaryl/α,β-unsaturated/α-hetero) is 1. The van der Waals surface area contributed by atoms with Crippen LogP contribution in [0, 0.1) is 0 Å². The van der Waals surface area contributed by atoms with Crippen LogP contribution in [0.25, 0.3) is 0 Å². The average Bonchev–Trinajstić information content (AvgIpc) is 2.60. The Kier molecular flexibility index (Phi) is 9.87. The highest BCUT2D eigenvalue weighted by Crippen LogP contribution is 2.12. The molecule has 0 fully saturated rings. The number of amides is 1. The van der Waals surface area contributed by atoms with Gasteiger partial charge in [-0.3, -0.25) is 14.4 Å². The van der Waals surface area contributed by atoms with E-state index in [1.165, 1.54) is 19.1 Å². The highest BCUT2D eigenvalue weighted by atomic mass is 32.2. The molecule has 1 unspecified atom stereocenters. The van der Waals surface area contributed by atoms with Crippen molar-refractivity contribution in [1.82, 2.24) is 5.32 Å². The highest BCUT2D eigenvalue weighted by molar-refractivity contribution is 8.00. The predicted octanol–water partition coefficient (Wildman–Crippen LogP) is -1.40. The third-order valence-electron chi connectivity index (χ3n) is 3.44. The minimum Gasteiger partial charge on any atom is -0.494 e. The smallest absolute Gasteiger partial charge is 0.489 e. The summed E-state index contributed by atoms with van der Waals surface area (Å²) in [6.45, 7) is 1.97. The van der Waals surface area contributed by atoms with Gasteiger partial charge in [-0.25, -0.2) is 0 Å². The molecule has 0 aromatic heterocycles. The first-order valence-electron chi connectivity index (χ1n) is 8.19. The fourth-order valence-corrected chi connectivity index (χ4v) is 2.86. The number of hydrogen-bond donors (Lipinski definition) is 5. The van der Waals surface area contributed by atoms with Gasteiger partial charge >= 0.3 is 13.1 Å². The van der Waals surface area contributed by atoms with E-state index in [9.17, 15) is 24.4 Å². The molecular weight excluding hydrogens is 375 g/mol. The van der Waals surface area contributed by atoms with Crippen LogP contribution in [0.2, 0.25) is 0 Å². The van der Waals surface area contributed by atoms with Gasteiger partial charge in [0.1, 0.15) is 11.8 Å². The van der Waals surface area contributed by atoms with Crippen LogP contribution in [0.15, 0.2) is 18.2 Å². The van der Waals surface area contributed by atoms with Crippen LogP contribution in [-0.2, 0) is 9.59 Å². The Hall–Kier alpha value is -2.08. The summed E-state index contributed by atoms with van der Waals surface area (Å²) in [5.74, 6) is -0.961. The number of aliphatic carboxylic acids is 1. The molecule has 1 aromatic carbocycles. The number of benzene rings is 1. The number of thioether (sulfide) groups is 1. The molecule has 0 aliphatic heterocycles. The van der Waals surface area contributed by atoms with Crippen molar-refractivity contribution in [3.63, 3.8) is 0 Å². The number of rotatable bonds is 12. The summed E-state index contributed by atoms with van der Waals surface area (Å²) in [4.78, 5) is 33.6. The van der Waals surface area contributed by atoms with Gasteiger partial charge in [-0.15, -0.1) is 11.8 Å². The number of hydrogen-bond acceptors (Lipinski definition) is 8. The maximum atomic E-state index is 11.6. The van der Waals surface area contributed by atoms with E-state index in [-0.39, 0.29) is 40.8 Å². The van der Waals surface area contributed by atoms with Gasteiger partial charge in [0, 0.05) is 17.9 Å². The standard InChI is InChI=1S/C16H23BN2O7S/c1-10(20)12-4-3-11(7-13(12)17(24)25)26-6-2-5-19-15(21)9-27-8-14(18)16(22)23/h3-4,7,14,24-25H,2,5-6,8-9,18H2,1H3,(H,19,21)(H,22,23). The number of ether oxygens (including phenoxy) is 1. The second-order valence-corrected chi connectivity index (χ2v) is 6.72.